The van der Waals surface area contributed by atoms with Crippen molar-refractivity contribution in [1.82, 2.24) is 0 Å². The summed E-state index contributed by atoms with van der Waals surface area (Å²) in [4.78, 5) is 24.3. The predicted octanol–water partition coefficient (Wildman–Crippen LogP) is 4.27. The number of aryl methyl sites for hydroxylation is 1. The highest BCUT2D eigenvalue weighted by atomic mass is 35.5. The standard InChI is InChI=1S/C24H23ClN4O4S/c1-15(30)27-17-8-11-21(26)19(13-17)24(31)28-22-14-18(9-10-20(22)25)34(32,33)29-12-4-6-16-5-2-3-7-23(16)29/h2-3,5,7-11,13-14H,4,6,12,26H2,1H3,(H,27,30)(H,28,31). The number of para-hydroxylation sites is 1. The molecular weight excluding hydrogens is 476 g/mol. The molecule has 34 heavy (non-hydrogen) atoms. The Bertz CT molecular complexity index is 1390. The Balaban J connectivity index is 1.65. The number of halogens is 1. The smallest absolute Gasteiger partial charge is 0.264 e. The molecule has 0 saturated carbocycles. The highest BCUT2D eigenvalue weighted by molar-refractivity contribution is 7.92. The van der Waals surface area contributed by atoms with E-state index < -0.39 is 15.9 Å². The summed E-state index contributed by atoms with van der Waals surface area (Å²) in [6.45, 7) is 1.71. The third-order valence-electron chi connectivity index (χ3n) is 5.46. The molecule has 8 nitrogen and oxygen atoms in total. The number of sulfonamides is 1. The number of carbonyl (C=O) groups excluding carboxylic acids is 2. The number of amides is 2. The molecule has 0 atom stereocenters. The molecule has 0 saturated heterocycles. The Kier molecular flexibility index (Phi) is 6.49. The Morgan fingerprint density at radius 1 is 1.03 bits per heavy atom. The van der Waals surface area contributed by atoms with Crippen molar-refractivity contribution in [3.05, 3.63) is 76.8 Å². The SMILES string of the molecule is CC(=O)Nc1ccc(N)c(C(=O)Nc2cc(S(=O)(=O)N3CCCc4ccccc43)ccc2Cl)c1. The van der Waals surface area contributed by atoms with E-state index in [0.29, 0.717) is 24.3 Å². The molecule has 3 aromatic carbocycles. The zero-order valence-corrected chi connectivity index (χ0v) is 19.9. The first-order valence-electron chi connectivity index (χ1n) is 10.6. The molecule has 2 amide bonds. The molecule has 176 valence electrons. The Morgan fingerprint density at radius 3 is 2.56 bits per heavy atom. The van der Waals surface area contributed by atoms with Gasteiger partial charge in [-0.2, -0.15) is 0 Å². The van der Waals surface area contributed by atoms with Crippen LogP contribution in [-0.2, 0) is 21.2 Å². The second kappa shape index (κ2) is 9.36. The lowest BCUT2D eigenvalue weighted by molar-refractivity contribution is -0.114. The zero-order chi connectivity index (χ0) is 24.5. The van der Waals surface area contributed by atoms with Crippen LogP contribution in [0.1, 0.15) is 29.3 Å². The van der Waals surface area contributed by atoms with Gasteiger partial charge in [0.2, 0.25) is 5.91 Å². The number of nitrogen functional groups attached to an aromatic ring is 1. The molecule has 4 N–H and O–H groups in total. The summed E-state index contributed by atoms with van der Waals surface area (Å²) in [6.07, 6.45) is 1.51. The molecular formula is C24H23ClN4O4S. The topological polar surface area (TPSA) is 122 Å². The van der Waals surface area contributed by atoms with Crippen molar-refractivity contribution in [2.75, 3.05) is 27.2 Å². The average Bonchev–Trinajstić information content (AvgIpc) is 2.80. The van der Waals surface area contributed by atoms with Gasteiger partial charge < -0.3 is 16.4 Å². The number of hydrogen-bond acceptors (Lipinski definition) is 5. The summed E-state index contributed by atoms with van der Waals surface area (Å²) in [5.41, 5.74) is 8.39. The minimum absolute atomic E-state index is 0.00359. The normalized spacial score (nSPS) is 13.2. The van der Waals surface area contributed by atoms with Gasteiger partial charge in [0.05, 0.1) is 26.9 Å². The molecule has 1 heterocycles. The first kappa shape index (κ1) is 23.6. The van der Waals surface area contributed by atoms with Gasteiger partial charge in [0.1, 0.15) is 0 Å². The molecule has 1 aliphatic heterocycles. The number of benzene rings is 3. The van der Waals surface area contributed by atoms with Crippen molar-refractivity contribution < 1.29 is 18.0 Å². The second-order valence-electron chi connectivity index (χ2n) is 7.89. The van der Waals surface area contributed by atoms with E-state index >= 15 is 0 Å². The zero-order valence-electron chi connectivity index (χ0n) is 18.3. The predicted molar refractivity (Wildman–Crippen MR) is 134 cm³/mol. The molecule has 4 rings (SSSR count). The molecule has 0 aromatic heterocycles. The summed E-state index contributed by atoms with van der Waals surface area (Å²) in [5.74, 6) is -0.888. The van der Waals surface area contributed by atoms with Gasteiger partial charge in [-0.3, -0.25) is 13.9 Å². The van der Waals surface area contributed by atoms with Crippen molar-refractivity contribution >= 4 is 56.2 Å². The molecule has 0 aliphatic carbocycles. The number of anilines is 4. The van der Waals surface area contributed by atoms with Crippen LogP contribution in [0, 0.1) is 0 Å². The minimum atomic E-state index is -3.89. The van der Waals surface area contributed by atoms with E-state index in [4.69, 9.17) is 17.3 Å². The average molecular weight is 499 g/mol. The lowest BCUT2D eigenvalue weighted by Crippen LogP contribution is -2.35. The van der Waals surface area contributed by atoms with Crippen molar-refractivity contribution in [2.24, 2.45) is 0 Å². The summed E-state index contributed by atoms with van der Waals surface area (Å²) in [5, 5.41) is 5.40. The van der Waals surface area contributed by atoms with E-state index in [9.17, 15) is 18.0 Å². The van der Waals surface area contributed by atoms with Gasteiger partial charge in [-0.1, -0.05) is 29.8 Å². The molecule has 0 radical (unpaired) electrons. The Morgan fingerprint density at radius 2 is 1.79 bits per heavy atom. The van der Waals surface area contributed by atoms with Gasteiger partial charge in [-0.25, -0.2) is 8.42 Å². The first-order chi connectivity index (χ1) is 16.2. The van der Waals surface area contributed by atoms with E-state index in [1.807, 2.05) is 12.1 Å². The quantitative estimate of drug-likeness (QED) is 0.453. The highest BCUT2D eigenvalue weighted by Gasteiger charge is 2.29. The first-order valence-corrected chi connectivity index (χ1v) is 12.4. The highest BCUT2D eigenvalue weighted by Crippen LogP contribution is 2.34. The van der Waals surface area contributed by atoms with Gasteiger partial charge in [-0.05, 0) is 60.9 Å². The van der Waals surface area contributed by atoms with Crippen LogP contribution in [0.3, 0.4) is 0 Å². The van der Waals surface area contributed by atoms with Gasteiger partial charge in [0.15, 0.2) is 0 Å². The van der Waals surface area contributed by atoms with E-state index in [0.717, 1.165) is 12.0 Å². The summed E-state index contributed by atoms with van der Waals surface area (Å²) >= 11 is 6.27. The molecule has 3 aromatic rings. The molecule has 1 aliphatic rings. The number of nitrogens with zero attached hydrogens (tertiary/aromatic N) is 1. The van der Waals surface area contributed by atoms with Crippen LogP contribution in [0.2, 0.25) is 5.02 Å². The number of hydrogen-bond donors (Lipinski definition) is 3. The maximum absolute atomic E-state index is 13.5. The third-order valence-corrected chi connectivity index (χ3v) is 7.60. The van der Waals surface area contributed by atoms with Crippen LogP contribution >= 0.6 is 11.6 Å². The van der Waals surface area contributed by atoms with Gasteiger partial charge >= 0.3 is 0 Å². The number of rotatable bonds is 5. The number of nitrogens with one attached hydrogen (secondary N) is 2. The van der Waals surface area contributed by atoms with Gasteiger partial charge in [0, 0.05) is 24.8 Å². The van der Waals surface area contributed by atoms with Crippen LogP contribution < -0.4 is 20.7 Å². The molecule has 0 fully saturated rings. The van der Waals surface area contributed by atoms with Crippen LogP contribution in [0.25, 0.3) is 0 Å². The monoisotopic (exact) mass is 498 g/mol. The number of carbonyl (C=O) groups is 2. The molecule has 0 bridgehead atoms. The summed E-state index contributed by atoms with van der Waals surface area (Å²) in [6, 6.07) is 16.1. The van der Waals surface area contributed by atoms with Crippen molar-refractivity contribution in [3.63, 3.8) is 0 Å². The van der Waals surface area contributed by atoms with E-state index in [-0.39, 0.29) is 32.8 Å². The van der Waals surface area contributed by atoms with E-state index in [2.05, 4.69) is 10.6 Å². The fraction of sp³-hybridized carbons (Fsp3) is 0.167. The van der Waals surface area contributed by atoms with Crippen molar-refractivity contribution in [2.45, 2.75) is 24.7 Å². The number of fused-ring (bicyclic) bond motifs is 1. The largest absolute Gasteiger partial charge is 0.398 e. The van der Waals surface area contributed by atoms with Crippen LogP contribution in [0.4, 0.5) is 22.7 Å². The van der Waals surface area contributed by atoms with Crippen LogP contribution in [0.5, 0.6) is 0 Å². The molecule has 10 heteroatoms. The fourth-order valence-electron chi connectivity index (χ4n) is 3.86. The maximum Gasteiger partial charge on any atom is 0.264 e. The summed E-state index contributed by atoms with van der Waals surface area (Å²) in [7, 11) is -3.89. The van der Waals surface area contributed by atoms with E-state index in [1.165, 1.54) is 41.6 Å². The van der Waals surface area contributed by atoms with Crippen LogP contribution in [0.15, 0.2) is 65.6 Å². The second-order valence-corrected chi connectivity index (χ2v) is 10.2. The van der Waals surface area contributed by atoms with Crippen LogP contribution in [-0.4, -0.2) is 26.8 Å². The number of nitrogens with two attached hydrogens (primary N) is 1. The Hall–Kier alpha value is -3.56. The minimum Gasteiger partial charge on any atom is -0.398 e. The van der Waals surface area contributed by atoms with E-state index in [1.54, 1.807) is 18.2 Å². The lowest BCUT2D eigenvalue weighted by Gasteiger charge is -2.30. The maximum atomic E-state index is 13.5. The van der Waals surface area contributed by atoms with Crippen molar-refractivity contribution in [1.29, 1.82) is 0 Å². The summed E-state index contributed by atoms with van der Waals surface area (Å²) < 4.78 is 28.3. The lowest BCUT2D eigenvalue weighted by atomic mass is 10.0. The van der Waals surface area contributed by atoms with Gasteiger partial charge in [0.25, 0.3) is 15.9 Å². The third kappa shape index (κ3) is 4.71. The molecule has 0 unspecified atom stereocenters. The Labute approximate surface area is 202 Å². The fourth-order valence-corrected chi connectivity index (χ4v) is 5.59. The van der Waals surface area contributed by atoms with Gasteiger partial charge in [-0.15, -0.1) is 0 Å². The molecule has 0 spiro atoms. The van der Waals surface area contributed by atoms with Crippen molar-refractivity contribution in [3.8, 4) is 0 Å².